The molecule has 416 valence electrons. The van der Waals surface area contributed by atoms with Gasteiger partial charge in [0, 0.05) is 89.9 Å². The number of nitrogens with one attached hydrogen (secondary N) is 4. The second kappa shape index (κ2) is 28.2. The molecule has 0 bridgehead atoms. The Hall–Kier alpha value is -8.32. The smallest absolute Gasteiger partial charge is 0.414 e. The number of carboxylic acids is 2. The number of ether oxygens (including phenoxy) is 4. The summed E-state index contributed by atoms with van der Waals surface area (Å²) >= 11 is 0. The second-order valence-electron chi connectivity index (χ2n) is 19.2. The Balaban J connectivity index is 0.000000242. The van der Waals surface area contributed by atoms with Crippen LogP contribution >= 0.6 is 0 Å². The molecule has 8 rings (SSSR count). The molecule has 3 unspecified atom stereocenters. The minimum atomic E-state index is -1.14. The average Bonchev–Trinajstić information content (AvgIpc) is 4.02. The maximum atomic E-state index is 13.3. The van der Waals surface area contributed by atoms with E-state index in [0.717, 1.165) is 27.9 Å². The molecule has 4 aromatic rings. The van der Waals surface area contributed by atoms with Crippen LogP contribution in [0.3, 0.4) is 0 Å². The normalized spacial score (nSPS) is 18.8. The number of hydrogen-bond donors (Lipinski definition) is 8. The fraction of sp³-hybridized carbons (Fsp3) is 0.407. The number of rotatable bonds is 22. The van der Waals surface area contributed by atoms with Crippen LogP contribution < -0.4 is 31.9 Å². The monoisotopic (exact) mass is 1080 g/mol. The number of anilines is 2. The molecule has 4 atom stereocenters. The average molecular weight is 1080 g/mol. The van der Waals surface area contributed by atoms with Crippen molar-refractivity contribution < 1.29 is 57.9 Å². The quantitative estimate of drug-likeness (QED) is 0.0242. The van der Waals surface area contributed by atoms with E-state index in [1.807, 2.05) is 114 Å². The Morgan fingerprint density at radius 2 is 0.974 bits per heavy atom. The van der Waals surface area contributed by atoms with Crippen LogP contribution in [0.4, 0.5) is 21.0 Å². The van der Waals surface area contributed by atoms with Crippen molar-refractivity contribution in [3.63, 3.8) is 0 Å². The van der Waals surface area contributed by atoms with Gasteiger partial charge in [0.1, 0.15) is 37.5 Å². The summed E-state index contributed by atoms with van der Waals surface area (Å²) in [5.41, 5.74) is 15.7. The van der Waals surface area contributed by atoms with Gasteiger partial charge in [0.25, 0.3) is 0 Å². The Morgan fingerprint density at radius 1 is 0.564 bits per heavy atom. The first-order valence-corrected chi connectivity index (χ1v) is 25.6. The molecule has 4 saturated heterocycles. The summed E-state index contributed by atoms with van der Waals surface area (Å²) in [6.45, 7) is 7.35. The molecule has 2 amide bonds. The molecule has 24 nitrogen and oxygen atoms in total. The number of carbonyl (C=O) groups is 6. The highest BCUT2D eigenvalue weighted by atomic mass is 16.6. The molecular weight excluding hydrogens is 1010 g/mol. The first kappa shape index (κ1) is 57.4. The van der Waals surface area contributed by atoms with Crippen LogP contribution in [-0.2, 0) is 64.4 Å². The molecule has 4 heterocycles. The maximum absolute atomic E-state index is 13.3. The number of nitrogens with zero attached hydrogens (tertiary/aromatic N) is 6. The SMILES string of the molecule is N=C(N)NCc1ccc(N2CC(CN3CCN(C(CC(=O)O)C(=O)O)CC3)OC2=O)cc1.N=C(N)NCc1ccc(N2C[C@@H](CN3CCN(C(CC(=O)OCc4ccccc4)C(=O)OCc4ccccc4)CC3)OC2=O)cc1. The standard InChI is InChI=1S/C34H40N6O6.C20H28N6O6/c35-33(36)37-20-25-11-13-28(14-12-25)40-22-29(46-34(40)43)21-38-15-17-39(18-16-38)30(32(42)45-24-27-9-5-2-6-10-27)19-31(41)44-23-26-7-3-1-4-8-26;21-19(22)23-10-13-1-3-14(4-2-13)26-12-15(32-20(26)31)11-24-5-7-25(8-6-24)16(18(29)30)9-17(27)28/h1-14,29-30H,15-24H2,(H4,35,36,37);1-4,15-16H,5-12H2,(H,27,28)(H,29,30)(H4,21,22,23)/t29-,30?;/m1./s1. The van der Waals surface area contributed by atoms with Crippen molar-refractivity contribution in [3.05, 3.63) is 131 Å². The van der Waals surface area contributed by atoms with Crippen LogP contribution in [0.15, 0.2) is 109 Å². The lowest BCUT2D eigenvalue weighted by Crippen LogP contribution is -2.54. The Kier molecular flexibility index (Phi) is 20.7. The van der Waals surface area contributed by atoms with E-state index in [0.29, 0.717) is 97.3 Å². The molecule has 0 aromatic heterocycles. The maximum Gasteiger partial charge on any atom is 0.414 e. The van der Waals surface area contributed by atoms with Gasteiger partial charge in [-0.25, -0.2) is 9.59 Å². The number of piperazine rings is 2. The lowest BCUT2D eigenvalue weighted by Gasteiger charge is -2.38. The molecule has 24 heteroatoms. The van der Waals surface area contributed by atoms with Gasteiger partial charge in [-0.3, -0.25) is 59.4 Å². The van der Waals surface area contributed by atoms with Gasteiger partial charge in [0.2, 0.25) is 0 Å². The molecule has 4 aliphatic rings. The molecule has 78 heavy (non-hydrogen) atoms. The van der Waals surface area contributed by atoms with Crippen LogP contribution in [0.5, 0.6) is 0 Å². The molecule has 0 spiro atoms. The number of amides is 2. The Labute approximate surface area is 451 Å². The van der Waals surface area contributed by atoms with Crippen molar-refractivity contribution in [2.24, 2.45) is 11.5 Å². The van der Waals surface area contributed by atoms with Crippen molar-refractivity contribution in [1.82, 2.24) is 30.2 Å². The number of nitrogens with two attached hydrogens (primary N) is 2. The van der Waals surface area contributed by atoms with Crippen molar-refractivity contribution in [2.45, 2.75) is 63.4 Å². The largest absolute Gasteiger partial charge is 0.481 e. The van der Waals surface area contributed by atoms with Gasteiger partial charge in [-0.05, 0) is 46.5 Å². The lowest BCUT2D eigenvalue weighted by atomic mass is 10.1. The fourth-order valence-electron chi connectivity index (χ4n) is 9.41. The molecule has 0 saturated carbocycles. The van der Waals surface area contributed by atoms with Crippen LogP contribution in [0.2, 0.25) is 0 Å². The van der Waals surface area contributed by atoms with Gasteiger partial charge >= 0.3 is 36.1 Å². The van der Waals surface area contributed by atoms with E-state index in [1.165, 1.54) is 0 Å². The molecular formula is C54H68N12O12. The van der Waals surface area contributed by atoms with Crippen molar-refractivity contribution >= 4 is 59.4 Å². The highest BCUT2D eigenvalue weighted by Crippen LogP contribution is 2.25. The van der Waals surface area contributed by atoms with Crippen LogP contribution in [0.25, 0.3) is 0 Å². The zero-order valence-electron chi connectivity index (χ0n) is 43.2. The number of hydrogen-bond acceptors (Lipinski definition) is 16. The van der Waals surface area contributed by atoms with Gasteiger partial charge < -0.3 is 51.3 Å². The van der Waals surface area contributed by atoms with Gasteiger partial charge in [0.15, 0.2) is 11.9 Å². The van der Waals surface area contributed by atoms with E-state index in [9.17, 15) is 33.9 Å². The topological polar surface area (TPSA) is 323 Å². The molecule has 0 radical (unpaired) electrons. The summed E-state index contributed by atoms with van der Waals surface area (Å²) in [7, 11) is 0. The van der Waals surface area contributed by atoms with Crippen LogP contribution in [-0.4, -0.2) is 181 Å². The van der Waals surface area contributed by atoms with E-state index < -0.39 is 54.6 Å². The van der Waals surface area contributed by atoms with Gasteiger partial charge in [0.05, 0.1) is 25.9 Å². The zero-order chi connectivity index (χ0) is 55.6. The van der Waals surface area contributed by atoms with E-state index in [1.54, 1.807) is 14.7 Å². The lowest BCUT2D eigenvalue weighted by molar-refractivity contribution is -0.159. The van der Waals surface area contributed by atoms with Crippen LogP contribution in [0, 0.1) is 10.8 Å². The predicted octanol–water partition coefficient (Wildman–Crippen LogP) is 2.40. The number of aliphatic carboxylic acids is 2. The van der Waals surface area contributed by atoms with E-state index in [-0.39, 0.29) is 43.8 Å². The third-order valence-corrected chi connectivity index (χ3v) is 13.6. The molecule has 4 aliphatic heterocycles. The van der Waals surface area contributed by atoms with Crippen molar-refractivity contribution in [2.75, 3.05) is 88.3 Å². The van der Waals surface area contributed by atoms with Gasteiger partial charge in [-0.1, -0.05) is 84.9 Å². The number of benzene rings is 4. The highest BCUT2D eigenvalue weighted by Gasteiger charge is 2.38. The highest BCUT2D eigenvalue weighted by molar-refractivity contribution is 5.90. The molecule has 0 aliphatic carbocycles. The molecule has 10 N–H and O–H groups in total. The van der Waals surface area contributed by atoms with E-state index >= 15 is 0 Å². The second-order valence-corrected chi connectivity index (χ2v) is 19.2. The number of cyclic esters (lactones) is 2. The number of guanidine groups is 2. The number of carboxylic acid groups (broad SMARTS) is 2. The van der Waals surface area contributed by atoms with Crippen molar-refractivity contribution in [1.29, 1.82) is 10.8 Å². The Bertz CT molecular complexity index is 2670. The summed E-state index contributed by atoms with van der Waals surface area (Å²) in [5, 5.41) is 38.2. The zero-order valence-corrected chi connectivity index (χ0v) is 43.2. The molecule has 4 fully saturated rings. The number of carbonyl (C=O) groups excluding carboxylic acids is 4. The third-order valence-electron chi connectivity index (χ3n) is 13.6. The summed E-state index contributed by atoms with van der Waals surface area (Å²) in [6, 6.07) is 31.8. The first-order valence-electron chi connectivity index (χ1n) is 25.6. The first-order chi connectivity index (χ1) is 37.6. The minimum absolute atomic E-state index is 0.101. The third kappa shape index (κ3) is 17.4. The van der Waals surface area contributed by atoms with Crippen molar-refractivity contribution in [3.8, 4) is 0 Å². The minimum Gasteiger partial charge on any atom is -0.481 e. The Morgan fingerprint density at radius 3 is 1.37 bits per heavy atom. The number of esters is 2. The van der Waals surface area contributed by atoms with Crippen LogP contribution in [0.1, 0.15) is 35.1 Å². The molecule has 4 aromatic carbocycles. The van der Waals surface area contributed by atoms with E-state index in [2.05, 4.69) is 20.4 Å². The summed E-state index contributed by atoms with van der Waals surface area (Å²) in [5.74, 6) is -3.41. The summed E-state index contributed by atoms with van der Waals surface area (Å²) < 4.78 is 22.3. The summed E-state index contributed by atoms with van der Waals surface area (Å²) in [4.78, 5) is 84.6. The predicted molar refractivity (Wildman–Crippen MR) is 286 cm³/mol. The van der Waals surface area contributed by atoms with Gasteiger partial charge in [-0.15, -0.1) is 0 Å². The fourth-order valence-corrected chi connectivity index (χ4v) is 9.41. The van der Waals surface area contributed by atoms with E-state index in [4.69, 9.17) is 46.3 Å². The summed E-state index contributed by atoms with van der Waals surface area (Å²) in [6.07, 6.45) is -1.99. The van der Waals surface area contributed by atoms with Gasteiger partial charge in [-0.2, -0.15) is 0 Å².